The SMILES string of the molecule is CCCCCCCCCCCC(=O)[O-].CCCCCCCCCCCCCCCC[n+]1ccn(C)c1. The smallest absolute Gasteiger partial charge is 0.243 e. The summed E-state index contributed by atoms with van der Waals surface area (Å²) in [6.07, 6.45) is 37.7. The van der Waals surface area contributed by atoms with Crippen LogP contribution in [0, 0.1) is 0 Å². The van der Waals surface area contributed by atoms with Crippen LogP contribution in [-0.4, -0.2) is 10.5 Å². The van der Waals surface area contributed by atoms with Gasteiger partial charge in [0, 0.05) is 5.97 Å². The van der Waals surface area contributed by atoms with Crippen LogP contribution in [0.1, 0.15) is 168 Å². The summed E-state index contributed by atoms with van der Waals surface area (Å²) >= 11 is 0. The molecule has 0 aliphatic carbocycles. The molecule has 0 N–H and O–H groups in total. The number of hydrogen-bond donors (Lipinski definition) is 0. The number of carboxylic acid groups (broad SMARTS) is 1. The minimum Gasteiger partial charge on any atom is -0.550 e. The first-order chi connectivity index (χ1) is 17.6. The molecule has 0 aliphatic heterocycles. The van der Waals surface area contributed by atoms with Gasteiger partial charge < -0.3 is 9.90 Å². The second-order valence-electron chi connectivity index (χ2n) is 10.9. The molecule has 1 aromatic rings. The number of aryl methyl sites for hydroxylation is 2. The Morgan fingerprint density at radius 1 is 0.611 bits per heavy atom. The standard InChI is InChI=1S/C20H39N2.C12H24O2/c1-3-4-5-6-7-8-9-10-11-12-13-14-15-16-17-22-19-18-21(2)20-22;1-2-3-4-5-6-7-8-9-10-11-12(13)14/h18-20H,3-17H2,1-2H3;2-11H2,1H3,(H,13,14)/q+1;/p-1. The fourth-order valence-electron chi connectivity index (χ4n) is 4.70. The lowest BCUT2D eigenvalue weighted by Crippen LogP contribution is -2.30. The molecule has 0 saturated heterocycles. The Kier molecular flexibility index (Phi) is 27.2. The van der Waals surface area contributed by atoms with E-state index in [1.54, 1.807) is 0 Å². The lowest BCUT2D eigenvalue weighted by atomic mass is 10.0. The molecule has 1 aromatic heterocycles. The number of nitrogens with zero attached hydrogens (tertiary/aromatic N) is 2. The van der Waals surface area contributed by atoms with Crippen molar-refractivity contribution in [3.05, 3.63) is 18.7 Å². The fraction of sp³-hybridized carbons (Fsp3) is 0.875. The van der Waals surface area contributed by atoms with Crippen LogP contribution >= 0.6 is 0 Å². The summed E-state index contributed by atoms with van der Waals surface area (Å²) < 4.78 is 4.41. The molecule has 0 bridgehead atoms. The first-order valence-electron chi connectivity index (χ1n) is 15.8. The number of carboxylic acids is 1. The lowest BCUT2D eigenvalue weighted by Gasteiger charge is -2.03. The van der Waals surface area contributed by atoms with Crippen molar-refractivity contribution in [1.29, 1.82) is 0 Å². The Labute approximate surface area is 225 Å². The lowest BCUT2D eigenvalue weighted by molar-refractivity contribution is -0.696. The number of hydrogen-bond acceptors (Lipinski definition) is 2. The van der Waals surface area contributed by atoms with Gasteiger partial charge in [-0.3, -0.25) is 0 Å². The zero-order valence-corrected chi connectivity index (χ0v) is 24.6. The second-order valence-corrected chi connectivity index (χ2v) is 10.9. The first-order valence-corrected chi connectivity index (χ1v) is 15.8. The van der Waals surface area contributed by atoms with Gasteiger partial charge in [0.1, 0.15) is 12.4 Å². The predicted octanol–water partition coefficient (Wildman–Crippen LogP) is 8.45. The van der Waals surface area contributed by atoms with Gasteiger partial charge in [-0.05, 0) is 25.7 Å². The van der Waals surface area contributed by atoms with Gasteiger partial charge in [-0.15, -0.1) is 0 Å². The summed E-state index contributed by atoms with van der Waals surface area (Å²) in [5, 5.41) is 10.1. The molecule has 36 heavy (non-hydrogen) atoms. The van der Waals surface area contributed by atoms with Gasteiger partial charge in [0.2, 0.25) is 6.33 Å². The highest BCUT2D eigenvalue weighted by molar-refractivity contribution is 5.64. The van der Waals surface area contributed by atoms with Crippen LogP contribution in [0.2, 0.25) is 0 Å². The maximum Gasteiger partial charge on any atom is 0.243 e. The van der Waals surface area contributed by atoms with Gasteiger partial charge in [0.15, 0.2) is 0 Å². The largest absolute Gasteiger partial charge is 0.550 e. The van der Waals surface area contributed by atoms with Gasteiger partial charge in [-0.1, -0.05) is 142 Å². The van der Waals surface area contributed by atoms with Crippen LogP contribution in [0.4, 0.5) is 0 Å². The van der Waals surface area contributed by atoms with Crippen LogP contribution in [0.25, 0.3) is 0 Å². The Balaban J connectivity index is 0.000000757. The topological polar surface area (TPSA) is 48.9 Å². The third-order valence-electron chi connectivity index (χ3n) is 7.08. The van der Waals surface area contributed by atoms with Gasteiger partial charge in [-0.2, -0.15) is 0 Å². The van der Waals surface area contributed by atoms with Crippen molar-refractivity contribution >= 4 is 5.97 Å². The van der Waals surface area contributed by atoms with Crippen LogP contribution in [-0.2, 0) is 18.4 Å². The molecule has 0 aliphatic rings. The number of rotatable bonds is 25. The highest BCUT2D eigenvalue weighted by atomic mass is 16.4. The number of imidazole rings is 1. The van der Waals surface area contributed by atoms with Gasteiger partial charge in [-0.25, -0.2) is 9.13 Å². The van der Waals surface area contributed by atoms with E-state index in [-0.39, 0.29) is 6.42 Å². The van der Waals surface area contributed by atoms with E-state index in [1.165, 1.54) is 141 Å². The number of aliphatic carboxylic acids is 1. The van der Waals surface area contributed by atoms with E-state index in [0.29, 0.717) is 0 Å². The van der Waals surface area contributed by atoms with Crippen molar-refractivity contribution < 1.29 is 14.5 Å². The highest BCUT2D eigenvalue weighted by Gasteiger charge is 1.99. The molecule has 0 saturated carbocycles. The molecule has 212 valence electrons. The number of carbonyl (C=O) groups is 1. The Hall–Kier alpha value is -1.32. The van der Waals surface area contributed by atoms with Crippen molar-refractivity contribution in [1.82, 2.24) is 4.57 Å². The fourth-order valence-corrected chi connectivity index (χ4v) is 4.70. The highest BCUT2D eigenvalue weighted by Crippen LogP contribution is 2.13. The quantitative estimate of drug-likeness (QED) is 0.0986. The van der Waals surface area contributed by atoms with Crippen LogP contribution in [0.5, 0.6) is 0 Å². The van der Waals surface area contributed by atoms with E-state index in [9.17, 15) is 9.90 Å². The van der Waals surface area contributed by atoms with Crippen molar-refractivity contribution in [2.24, 2.45) is 7.05 Å². The average Bonchev–Trinajstić information content (AvgIpc) is 3.28. The summed E-state index contributed by atoms with van der Waals surface area (Å²) in [7, 11) is 2.09. The van der Waals surface area contributed by atoms with Crippen LogP contribution < -0.4 is 9.67 Å². The molecule has 4 nitrogen and oxygen atoms in total. The summed E-state index contributed by atoms with van der Waals surface area (Å²) in [4.78, 5) is 10.1. The summed E-state index contributed by atoms with van der Waals surface area (Å²) in [5.41, 5.74) is 0. The molecule has 0 amide bonds. The molecular formula is C32H62N2O2. The van der Waals surface area contributed by atoms with Crippen LogP contribution in [0.15, 0.2) is 18.7 Å². The minimum atomic E-state index is -0.909. The van der Waals surface area contributed by atoms with Gasteiger partial charge >= 0.3 is 0 Å². The third kappa shape index (κ3) is 27.3. The summed E-state index contributed by atoms with van der Waals surface area (Å²) in [6.45, 7) is 5.69. The maximum absolute atomic E-state index is 10.1. The van der Waals surface area contributed by atoms with Crippen molar-refractivity contribution in [3.63, 3.8) is 0 Å². The van der Waals surface area contributed by atoms with E-state index in [2.05, 4.69) is 48.8 Å². The van der Waals surface area contributed by atoms with E-state index < -0.39 is 5.97 Å². The van der Waals surface area contributed by atoms with Crippen molar-refractivity contribution in [2.45, 2.75) is 174 Å². The first kappa shape index (κ1) is 34.7. The third-order valence-corrected chi connectivity index (χ3v) is 7.08. The van der Waals surface area contributed by atoms with Crippen LogP contribution in [0.3, 0.4) is 0 Å². The van der Waals surface area contributed by atoms with Gasteiger partial charge in [0.05, 0.1) is 13.6 Å². The number of aromatic nitrogens is 2. The molecular weight excluding hydrogens is 444 g/mol. The Morgan fingerprint density at radius 2 is 0.972 bits per heavy atom. The van der Waals surface area contributed by atoms with E-state index in [4.69, 9.17) is 0 Å². The molecule has 1 heterocycles. The zero-order valence-electron chi connectivity index (χ0n) is 24.6. The molecule has 0 atom stereocenters. The summed E-state index contributed by atoms with van der Waals surface area (Å²) in [5.74, 6) is -0.909. The second kappa shape index (κ2) is 28.3. The molecule has 0 unspecified atom stereocenters. The molecule has 0 fully saturated rings. The van der Waals surface area contributed by atoms with E-state index in [1.807, 2.05) is 0 Å². The monoisotopic (exact) mass is 506 g/mol. The normalized spacial score (nSPS) is 10.9. The Bertz CT molecular complexity index is 570. The van der Waals surface area contributed by atoms with E-state index >= 15 is 0 Å². The molecule has 0 spiro atoms. The predicted molar refractivity (Wildman–Crippen MR) is 153 cm³/mol. The average molecular weight is 507 g/mol. The Morgan fingerprint density at radius 3 is 1.31 bits per heavy atom. The number of unbranched alkanes of at least 4 members (excludes halogenated alkanes) is 21. The maximum atomic E-state index is 10.1. The zero-order chi connectivity index (χ0) is 26.5. The molecule has 1 rings (SSSR count). The molecule has 4 heteroatoms. The summed E-state index contributed by atoms with van der Waals surface area (Å²) in [6, 6.07) is 0. The van der Waals surface area contributed by atoms with Gasteiger partial charge in [0.25, 0.3) is 0 Å². The van der Waals surface area contributed by atoms with E-state index in [0.717, 1.165) is 12.8 Å². The van der Waals surface area contributed by atoms with Crippen molar-refractivity contribution in [2.75, 3.05) is 0 Å². The number of carbonyl (C=O) groups excluding carboxylic acids is 1. The van der Waals surface area contributed by atoms with Crippen molar-refractivity contribution in [3.8, 4) is 0 Å². The molecule has 0 radical (unpaired) electrons. The minimum absolute atomic E-state index is 0.232. The molecule has 0 aromatic carbocycles.